The van der Waals surface area contributed by atoms with Gasteiger partial charge in [0.2, 0.25) is 5.91 Å². The minimum atomic E-state index is 0. The number of carbonyl (C=O) groups excluding carboxylic acids is 1. The summed E-state index contributed by atoms with van der Waals surface area (Å²) in [5.74, 6) is 0.894. The Bertz CT molecular complexity index is 650. The minimum Gasteiger partial charge on any atom is -0.379 e. The molecule has 1 aliphatic rings. The van der Waals surface area contributed by atoms with E-state index in [0.717, 1.165) is 76.0 Å². The number of halogens is 1. The Morgan fingerprint density at radius 2 is 2.00 bits per heavy atom. The van der Waals surface area contributed by atoms with E-state index in [0.29, 0.717) is 6.54 Å². The monoisotopic (exact) mass is 531 g/mol. The quantitative estimate of drug-likeness (QED) is 0.187. The van der Waals surface area contributed by atoms with Crippen molar-refractivity contribution in [2.24, 2.45) is 10.9 Å². The number of benzene rings is 1. The number of guanidine groups is 1. The molecule has 1 aromatic carbocycles. The smallest absolute Gasteiger partial charge is 0.227 e. The molecule has 0 radical (unpaired) electrons. The largest absolute Gasteiger partial charge is 0.379 e. The second-order valence-electron chi connectivity index (χ2n) is 7.43. The molecule has 7 nitrogen and oxygen atoms in total. The van der Waals surface area contributed by atoms with Crippen LogP contribution in [0.3, 0.4) is 0 Å². The number of nitrogens with one attached hydrogen (secondary N) is 3. The first-order valence-corrected chi connectivity index (χ1v) is 10.8. The zero-order valence-electron chi connectivity index (χ0n) is 18.6. The molecule has 170 valence electrons. The van der Waals surface area contributed by atoms with Crippen molar-refractivity contribution in [1.82, 2.24) is 15.5 Å². The van der Waals surface area contributed by atoms with Gasteiger partial charge < -0.3 is 20.7 Å². The van der Waals surface area contributed by atoms with Crippen molar-refractivity contribution in [1.29, 1.82) is 0 Å². The summed E-state index contributed by atoms with van der Waals surface area (Å²) < 4.78 is 5.39. The van der Waals surface area contributed by atoms with E-state index in [4.69, 9.17) is 4.74 Å². The molecule has 0 aliphatic carbocycles. The van der Waals surface area contributed by atoms with Crippen LogP contribution in [0.1, 0.15) is 39.2 Å². The zero-order chi connectivity index (χ0) is 20.9. The maximum Gasteiger partial charge on any atom is 0.227 e. The van der Waals surface area contributed by atoms with Crippen molar-refractivity contribution in [2.45, 2.75) is 40.2 Å². The first kappa shape index (κ1) is 26.6. The molecule has 1 fully saturated rings. The predicted molar refractivity (Wildman–Crippen MR) is 135 cm³/mol. The van der Waals surface area contributed by atoms with Crippen molar-refractivity contribution in [3.05, 3.63) is 29.8 Å². The van der Waals surface area contributed by atoms with Crippen LogP contribution < -0.4 is 16.0 Å². The summed E-state index contributed by atoms with van der Waals surface area (Å²) in [7, 11) is 0. The first-order chi connectivity index (χ1) is 14.1. The lowest BCUT2D eigenvalue weighted by molar-refractivity contribution is -0.119. The molecule has 0 aromatic heterocycles. The van der Waals surface area contributed by atoms with Crippen LogP contribution in [0.4, 0.5) is 5.69 Å². The number of hydrogen-bond acceptors (Lipinski definition) is 4. The molecule has 1 unspecified atom stereocenters. The number of aliphatic imine (C=N–C) groups is 1. The molecule has 1 aromatic rings. The van der Waals surface area contributed by atoms with Gasteiger partial charge in [-0.2, -0.15) is 0 Å². The van der Waals surface area contributed by atoms with Crippen molar-refractivity contribution in [3.8, 4) is 0 Å². The van der Waals surface area contributed by atoms with Gasteiger partial charge in [0.15, 0.2) is 5.96 Å². The third kappa shape index (κ3) is 10.1. The summed E-state index contributed by atoms with van der Waals surface area (Å²) in [6.45, 7) is 13.1. The standard InChI is InChI=1S/C22H37N5O2.HI/c1-4-18(3)21(28)26-20-9-6-8-19(16-20)17-25-22(23-5-2)24-10-7-11-27-12-14-29-15-13-27;/h6,8-9,16,18H,4-5,7,10-15,17H2,1-3H3,(H,26,28)(H2,23,24,25);1H. The number of nitrogens with zero attached hydrogens (tertiary/aromatic N) is 2. The van der Waals surface area contributed by atoms with E-state index in [-0.39, 0.29) is 35.8 Å². The van der Waals surface area contributed by atoms with Gasteiger partial charge in [-0.25, -0.2) is 4.99 Å². The number of hydrogen-bond donors (Lipinski definition) is 3. The fourth-order valence-electron chi connectivity index (χ4n) is 3.04. The second kappa shape index (κ2) is 15.4. The molecular formula is C22H38IN5O2. The Labute approximate surface area is 198 Å². The Balaban J connectivity index is 0.00000450. The van der Waals surface area contributed by atoms with Crippen LogP contribution >= 0.6 is 24.0 Å². The average molecular weight is 531 g/mol. The summed E-state index contributed by atoms with van der Waals surface area (Å²) in [5, 5.41) is 9.69. The number of anilines is 1. The van der Waals surface area contributed by atoms with Gasteiger partial charge in [-0.05, 0) is 44.0 Å². The van der Waals surface area contributed by atoms with Crippen LogP contribution in [0, 0.1) is 5.92 Å². The Morgan fingerprint density at radius 1 is 1.23 bits per heavy atom. The van der Waals surface area contributed by atoms with Gasteiger partial charge >= 0.3 is 0 Å². The normalized spacial score (nSPS) is 15.8. The van der Waals surface area contributed by atoms with Crippen molar-refractivity contribution in [2.75, 3.05) is 51.3 Å². The summed E-state index contributed by atoms with van der Waals surface area (Å²) in [4.78, 5) is 19.2. The molecule has 0 bridgehead atoms. The maximum atomic E-state index is 12.1. The highest BCUT2D eigenvalue weighted by Crippen LogP contribution is 2.13. The second-order valence-corrected chi connectivity index (χ2v) is 7.43. The number of amides is 1. The van der Waals surface area contributed by atoms with E-state index in [2.05, 4.69) is 32.8 Å². The number of ether oxygens (including phenoxy) is 1. The topological polar surface area (TPSA) is 78.0 Å². The van der Waals surface area contributed by atoms with E-state index in [1.165, 1.54) is 0 Å². The van der Waals surface area contributed by atoms with Gasteiger partial charge in [0, 0.05) is 37.8 Å². The van der Waals surface area contributed by atoms with Crippen LogP contribution in [-0.2, 0) is 16.1 Å². The van der Waals surface area contributed by atoms with E-state index < -0.39 is 0 Å². The van der Waals surface area contributed by atoms with E-state index in [1.807, 2.05) is 38.1 Å². The fraction of sp³-hybridized carbons (Fsp3) is 0.636. The molecule has 30 heavy (non-hydrogen) atoms. The predicted octanol–water partition coefficient (Wildman–Crippen LogP) is 3.07. The van der Waals surface area contributed by atoms with Crippen LogP contribution in [0.2, 0.25) is 0 Å². The van der Waals surface area contributed by atoms with Gasteiger partial charge in [-0.1, -0.05) is 26.0 Å². The Hall–Kier alpha value is -1.39. The van der Waals surface area contributed by atoms with E-state index >= 15 is 0 Å². The van der Waals surface area contributed by atoms with Crippen LogP contribution in [0.25, 0.3) is 0 Å². The average Bonchev–Trinajstić information content (AvgIpc) is 2.75. The molecule has 3 N–H and O–H groups in total. The van der Waals surface area contributed by atoms with E-state index in [9.17, 15) is 4.79 Å². The number of morpholine rings is 1. The molecule has 0 spiro atoms. The Morgan fingerprint density at radius 3 is 2.70 bits per heavy atom. The summed E-state index contributed by atoms with van der Waals surface area (Å²) in [5.41, 5.74) is 1.89. The molecule has 1 heterocycles. The number of rotatable bonds is 10. The summed E-state index contributed by atoms with van der Waals surface area (Å²) in [6.07, 6.45) is 1.90. The molecule has 2 rings (SSSR count). The highest BCUT2D eigenvalue weighted by Gasteiger charge is 2.11. The van der Waals surface area contributed by atoms with Gasteiger partial charge in [0.25, 0.3) is 0 Å². The molecule has 0 saturated carbocycles. The first-order valence-electron chi connectivity index (χ1n) is 10.8. The van der Waals surface area contributed by atoms with Crippen LogP contribution in [0.15, 0.2) is 29.3 Å². The summed E-state index contributed by atoms with van der Waals surface area (Å²) in [6, 6.07) is 7.90. The van der Waals surface area contributed by atoms with Gasteiger partial charge in [0.05, 0.1) is 19.8 Å². The molecule has 1 amide bonds. The highest BCUT2D eigenvalue weighted by atomic mass is 127. The summed E-state index contributed by atoms with van der Waals surface area (Å²) >= 11 is 0. The lowest BCUT2D eigenvalue weighted by Crippen LogP contribution is -2.40. The zero-order valence-corrected chi connectivity index (χ0v) is 20.9. The maximum absolute atomic E-state index is 12.1. The van der Waals surface area contributed by atoms with Gasteiger partial charge in [-0.3, -0.25) is 9.69 Å². The molecule has 1 aliphatic heterocycles. The lowest BCUT2D eigenvalue weighted by Gasteiger charge is -2.26. The lowest BCUT2D eigenvalue weighted by atomic mass is 10.1. The third-order valence-electron chi connectivity index (χ3n) is 5.07. The molecule has 8 heteroatoms. The number of carbonyl (C=O) groups is 1. The van der Waals surface area contributed by atoms with Crippen LogP contribution in [0.5, 0.6) is 0 Å². The van der Waals surface area contributed by atoms with Gasteiger partial charge in [0.1, 0.15) is 0 Å². The fourth-order valence-corrected chi connectivity index (χ4v) is 3.04. The minimum absolute atomic E-state index is 0. The molecular weight excluding hydrogens is 493 g/mol. The van der Waals surface area contributed by atoms with Crippen molar-refractivity contribution >= 4 is 41.5 Å². The highest BCUT2D eigenvalue weighted by molar-refractivity contribution is 14.0. The van der Waals surface area contributed by atoms with E-state index in [1.54, 1.807) is 0 Å². The van der Waals surface area contributed by atoms with Crippen molar-refractivity contribution < 1.29 is 9.53 Å². The van der Waals surface area contributed by atoms with Gasteiger partial charge in [-0.15, -0.1) is 24.0 Å². The van der Waals surface area contributed by atoms with Crippen molar-refractivity contribution in [3.63, 3.8) is 0 Å². The molecule has 1 saturated heterocycles. The van der Waals surface area contributed by atoms with Crippen LogP contribution in [-0.4, -0.2) is 62.7 Å². The third-order valence-corrected chi connectivity index (χ3v) is 5.07. The SMILES string of the molecule is CCNC(=NCc1cccc(NC(=O)C(C)CC)c1)NCCCN1CCOCC1.I. The molecule has 1 atom stereocenters. The Kier molecular flexibility index (Phi) is 13.7.